The van der Waals surface area contributed by atoms with Crippen LogP contribution in [0.1, 0.15) is 59.5 Å². The number of hydrogen-bond acceptors (Lipinski definition) is 2. The van der Waals surface area contributed by atoms with Crippen molar-refractivity contribution in [3.63, 3.8) is 0 Å². The predicted octanol–water partition coefficient (Wildman–Crippen LogP) is 7.33. The van der Waals surface area contributed by atoms with E-state index in [2.05, 4.69) is 0 Å². The molecule has 27 heavy (non-hydrogen) atoms. The molecule has 0 fully saturated rings. The van der Waals surface area contributed by atoms with E-state index in [-0.39, 0.29) is 71.6 Å². The average Bonchev–Trinajstić information content (AvgIpc) is 2.60. The maximum Gasteiger partial charge on any atom is 0.252 e. The van der Waals surface area contributed by atoms with Gasteiger partial charge in [0, 0.05) is 71.0 Å². The zero-order chi connectivity index (χ0) is 19.1. The zero-order valence-corrected chi connectivity index (χ0v) is 23.5. The molecule has 4 nitrogen and oxygen atoms in total. The Morgan fingerprint density at radius 2 is 0.963 bits per heavy atom. The molecule has 2 aromatic rings. The minimum Gasteiger partial charge on any atom is -0.693 e. The fourth-order valence-corrected chi connectivity index (χ4v) is 1.52. The van der Waals surface area contributed by atoms with E-state index in [1.807, 2.05) is 65.8 Å². The summed E-state index contributed by atoms with van der Waals surface area (Å²) in [4.78, 5) is 20.9. The van der Waals surface area contributed by atoms with Gasteiger partial charge in [-0.15, -0.1) is 0 Å². The Kier molecular flexibility index (Phi) is 33.7. The average molecular weight is 543 g/mol. The van der Waals surface area contributed by atoms with E-state index in [0.717, 1.165) is 11.1 Å². The molecular weight excluding hydrogens is 513 g/mol. The molecule has 2 aromatic carbocycles. The third-order valence-corrected chi connectivity index (χ3v) is 2.81. The van der Waals surface area contributed by atoms with Crippen molar-refractivity contribution in [3.8, 4) is 0 Å². The molecule has 0 saturated heterocycles. The number of carbonyl (C=O) groups excluding carboxylic acids is 2. The van der Waals surface area contributed by atoms with Crippen molar-refractivity contribution < 1.29 is 75.0 Å². The predicted molar refractivity (Wildman–Crippen MR) is 109 cm³/mol. The molecule has 3 N–H and O–H groups in total. The summed E-state index contributed by atoms with van der Waals surface area (Å²) >= 11 is 5.22. The first-order valence-electron chi connectivity index (χ1n) is 7.99. The molecule has 0 aliphatic heterocycles. The molecule has 2 rings (SSSR count). The van der Waals surface area contributed by atoms with Crippen LogP contribution in [0, 0.1) is 13.8 Å². The second-order valence-corrected chi connectivity index (χ2v) is 4.68. The SMILES string of the molecule is CC.CC.Cc1ccc(C(=O)Cl)cc1.Cc1ccc(C([NH-])=O)cc1.[NH2-].[Y].[Y]. The zero-order valence-electron chi connectivity index (χ0n) is 17.0. The summed E-state index contributed by atoms with van der Waals surface area (Å²) < 4.78 is 0. The maximum absolute atomic E-state index is 10.5. The normalized spacial score (nSPS) is 7.37. The number of amides is 1. The Bertz CT molecular complexity index is 549. The van der Waals surface area contributed by atoms with Gasteiger partial charge < -0.3 is 16.7 Å². The van der Waals surface area contributed by atoms with E-state index < -0.39 is 11.1 Å². The molecule has 0 aromatic heterocycles. The van der Waals surface area contributed by atoms with Crippen LogP contribution >= 0.6 is 11.6 Å². The van der Waals surface area contributed by atoms with Crippen LogP contribution < -0.4 is 0 Å². The number of aryl methyl sites for hydroxylation is 2. The van der Waals surface area contributed by atoms with Crippen LogP contribution in [0.2, 0.25) is 0 Å². The van der Waals surface area contributed by atoms with Crippen molar-refractivity contribution in [1.82, 2.24) is 0 Å². The number of carbonyl (C=O) groups is 2. The number of hydrogen-bond donors (Lipinski definition) is 0. The van der Waals surface area contributed by atoms with Crippen molar-refractivity contribution >= 4 is 22.8 Å². The molecule has 0 atom stereocenters. The van der Waals surface area contributed by atoms with Crippen molar-refractivity contribution in [2.45, 2.75) is 41.5 Å². The van der Waals surface area contributed by atoms with Crippen molar-refractivity contribution in [2.24, 2.45) is 0 Å². The van der Waals surface area contributed by atoms with E-state index in [1.54, 1.807) is 24.3 Å². The van der Waals surface area contributed by atoms with Gasteiger partial charge >= 0.3 is 0 Å². The summed E-state index contributed by atoms with van der Waals surface area (Å²) in [6.07, 6.45) is 0. The van der Waals surface area contributed by atoms with E-state index >= 15 is 0 Å². The van der Waals surface area contributed by atoms with Crippen molar-refractivity contribution in [1.29, 1.82) is 0 Å². The molecule has 0 spiro atoms. The Labute approximate surface area is 219 Å². The molecule has 0 heterocycles. The smallest absolute Gasteiger partial charge is 0.252 e. The first-order chi connectivity index (χ1) is 11.4. The van der Waals surface area contributed by atoms with Gasteiger partial charge in [-0.1, -0.05) is 75.2 Å². The Morgan fingerprint density at radius 3 is 1.19 bits per heavy atom. The maximum atomic E-state index is 10.5. The van der Waals surface area contributed by atoms with E-state index in [9.17, 15) is 9.59 Å². The summed E-state index contributed by atoms with van der Waals surface area (Å²) in [5, 5.41) is -0.403. The van der Waals surface area contributed by atoms with Gasteiger partial charge in [0.25, 0.3) is 5.24 Å². The minimum absolute atomic E-state index is 0. The molecule has 0 bridgehead atoms. The molecular formula is C20H29ClN2O2Y2-2. The number of benzene rings is 2. The number of nitrogens with one attached hydrogen (secondary N) is 1. The van der Waals surface area contributed by atoms with Crippen LogP contribution in [0.4, 0.5) is 0 Å². The van der Waals surface area contributed by atoms with Crippen LogP contribution in [0.15, 0.2) is 48.5 Å². The molecule has 0 saturated carbocycles. The van der Waals surface area contributed by atoms with Gasteiger partial charge in [0.05, 0.1) is 5.91 Å². The quantitative estimate of drug-likeness (QED) is 0.372. The topological polar surface area (TPSA) is 91.4 Å². The van der Waals surface area contributed by atoms with Crippen molar-refractivity contribution in [3.05, 3.63) is 82.7 Å². The molecule has 1 amide bonds. The van der Waals surface area contributed by atoms with Crippen LogP contribution in [-0.4, -0.2) is 11.1 Å². The van der Waals surface area contributed by atoms with Crippen molar-refractivity contribution in [2.75, 3.05) is 0 Å². The van der Waals surface area contributed by atoms with Gasteiger partial charge in [-0.05, 0) is 43.1 Å². The summed E-state index contributed by atoms with van der Waals surface area (Å²) in [5.74, 6) is -0.625. The molecule has 0 unspecified atom stereocenters. The van der Waals surface area contributed by atoms with E-state index in [0.29, 0.717) is 11.1 Å². The van der Waals surface area contributed by atoms with Gasteiger partial charge in [0.1, 0.15) is 0 Å². The molecule has 146 valence electrons. The van der Waals surface area contributed by atoms with Crippen LogP contribution in [-0.2, 0) is 65.4 Å². The number of rotatable bonds is 2. The molecule has 0 aliphatic carbocycles. The minimum atomic E-state index is -0.625. The third-order valence-electron chi connectivity index (χ3n) is 2.59. The van der Waals surface area contributed by atoms with Crippen LogP contribution in [0.25, 0.3) is 11.9 Å². The van der Waals surface area contributed by atoms with Gasteiger partial charge in [0.2, 0.25) is 0 Å². The van der Waals surface area contributed by atoms with Gasteiger partial charge in [-0.2, -0.15) is 0 Å². The van der Waals surface area contributed by atoms with E-state index in [1.165, 1.54) is 0 Å². The molecule has 7 heteroatoms. The second-order valence-electron chi connectivity index (χ2n) is 4.33. The summed E-state index contributed by atoms with van der Waals surface area (Å²) in [5.41, 5.74) is 9.98. The fourth-order valence-electron chi connectivity index (χ4n) is 1.39. The van der Waals surface area contributed by atoms with Crippen LogP contribution in [0.5, 0.6) is 0 Å². The van der Waals surface area contributed by atoms with Crippen LogP contribution in [0.3, 0.4) is 0 Å². The summed E-state index contributed by atoms with van der Waals surface area (Å²) in [6, 6.07) is 14.1. The first-order valence-corrected chi connectivity index (χ1v) is 8.37. The van der Waals surface area contributed by atoms with Gasteiger partial charge in [-0.3, -0.25) is 4.79 Å². The Morgan fingerprint density at radius 1 is 0.704 bits per heavy atom. The van der Waals surface area contributed by atoms with Gasteiger partial charge in [-0.25, -0.2) is 0 Å². The largest absolute Gasteiger partial charge is 0.693 e. The summed E-state index contributed by atoms with van der Waals surface area (Å²) in [6.45, 7) is 11.9. The third kappa shape index (κ3) is 19.1. The number of nitrogens with two attached hydrogens (primary N) is 1. The Hall–Kier alpha value is 0.0378. The second kappa shape index (κ2) is 24.1. The molecule has 0 aliphatic rings. The fraction of sp³-hybridized carbons (Fsp3) is 0.300. The van der Waals surface area contributed by atoms with E-state index in [4.69, 9.17) is 17.3 Å². The monoisotopic (exact) mass is 542 g/mol. The molecule has 2 radical (unpaired) electrons. The first kappa shape index (κ1) is 37.7. The Balaban J connectivity index is -0.0000000921. The standard InChI is InChI=1S/C8H7ClO.C8H9NO.2C2H6.H2N.2Y/c2*1-6-2-4-7(5-3-6)8(9)10;2*1-2;;;/h2-5H,1H3;2-5H,1H3,(H2,9,10);2*1-2H3;1H2;;/q;;;;-1;;/p-1. The van der Waals surface area contributed by atoms with Gasteiger partial charge in [0.15, 0.2) is 0 Å². The summed E-state index contributed by atoms with van der Waals surface area (Å²) in [7, 11) is 0. The number of halogens is 1.